The SMILES string of the molecule is COc1cc(CN2CCN(C)C(C)C2)ccc1O. The first-order valence-electron chi connectivity index (χ1n) is 6.38. The summed E-state index contributed by atoms with van der Waals surface area (Å²) in [5, 5.41) is 9.57. The van der Waals surface area contributed by atoms with Crippen molar-refractivity contribution in [3.05, 3.63) is 23.8 Å². The van der Waals surface area contributed by atoms with Crippen LogP contribution >= 0.6 is 0 Å². The van der Waals surface area contributed by atoms with Crippen LogP contribution in [0.5, 0.6) is 11.5 Å². The van der Waals surface area contributed by atoms with E-state index in [4.69, 9.17) is 4.74 Å². The second kappa shape index (κ2) is 5.59. The number of phenols is 1. The van der Waals surface area contributed by atoms with Crippen molar-refractivity contribution in [3.63, 3.8) is 0 Å². The molecule has 1 aromatic rings. The molecule has 18 heavy (non-hydrogen) atoms. The normalized spacial score (nSPS) is 22.1. The zero-order valence-electron chi connectivity index (χ0n) is 11.4. The van der Waals surface area contributed by atoms with Gasteiger partial charge >= 0.3 is 0 Å². The van der Waals surface area contributed by atoms with Crippen LogP contribution in [0.2, 0.25) is 0 Å². The Morgan fingerprint density at radius 3 is 2.83 bits per heavy atom. The lowest BCUT2D eigenvalue weighted by Crippen LogP contribution is -2.49. The van der Waals surface area contributed by atoms with E-state index in [9.17, 15) is 5.11 Å². The molecule has 0 amide bonds. The molecule has 1 aliphatic heterocycles. The number of methoxy groups -OCH3 is 1. The Morgan fingerprint density at radius 1 is 1.39 bits per heavy atom. The first kappa shape index (κ1) is 13.2. The summed E-state index contributed by atoms with van der Waals surface area (Å²) in [6.07, 6.45) is 0. The van der Waals surface area contributed by atoms with Gasteiger partial charge in [-0.1, -0.05) is 6.07 Å². The molecular weight excluding hydrogens is 228 g/mol. The van der Waals surface area contributed by atoms with Crippen molar-refractivity contribution in [1.82, 2.24) is 9.80 Å². The van der Waals surface area contributed by atoms with E-state index in [0.29, 0.717) is 11.8 Å². The van der Waals surface area contributed by atoms with Crippen molar-refractivity contribution in [2.75, 3.05) is 33.8 Å². The Labute approximate surface area is 109 Å². The predicted molar refractivity (Wildman–Crippen MR) is 72.0 cm³/mol. The van der Waals surface area contributed by atoms with Gasteiger partial charge in [0.1, 0.15) is 0 Å². The van der Waals surface area contributed by atoms with Crippen LogP contribution in [0.4, 0.5) is 0 Å². The number of likely N-dealkylation sites (N-methyl/N-ethyl adjacent to an activating group) is 1. The largest absolute Gasteiger partial charge is 0.504 e. The molecule has 1 N–H and O–H groups in total. The molecule has 100 valence electrons. The van der Waals surface area contributed by atoms with Gasteiger partial charge in [-0.2, -0.15) is 0 Å². The average Bonchev–Trinajstić information content (AvgIpc) is 2.36. The molecule has 1 aliphatic rings. The minimum Gasteiger partial charge on any atom is -0.504 e. The fourth-order valence-corrected chi connectivity index (χ4v) is 2.35. The summed E-state index contributed by atoms with van der Waals surface area (Å²) in [4.78, 5) is 4.82. The van der Waals surface area contributed by atoms with Crippen molar-refractivity contribution in [2.45, 2.75) is 19.5 Å². The topological polar surface area (TPSA) is 35.9 Å². The first-order chi connectivity index (χ1) is 8.60. The Bertz CT molecular complexity index is 409. The summed E-state index contributed by atoms with van der Waals surface area (Å²) in [6, 6.07) is 6.17. The summed E-state index contributed by atoms with van der Waals surface area (Å²) in [7, 11) is 3.75. The fourth-order valence-electron chi connectivity index (χ4n) is 2.35. The van der Waals surface area contributed by atoms with Crippen LogP contribution in [0.1, 0.15) is 12.5 Å². The Hall–Kier alpha value is -1.26. The molecule has 1 heterocycles. The zero-order chi connectivity index (χ0) is 13.1. The second-order valence-corrected chi connectivity index (χ2v) is 5.07. The Kier molecular flexibility index (Phi) is 4.09. The third-order valence-corrected chi connectivity index (χ3v) is 3.69. The molecule has 0 aromatic heterocycles. The molecule has 0 radical (unpaired) electrons. The van der Waals surface area contributed by atoms with Gasteiger partial charge < -0.3 is 14.7 Å². The van der Waals surface area contributed by atoms with Gasteiger partial charge in [-0.15, -0.1) is 0 Å². The molecule has 4 heteroatoms. The summed E-state index contributed by atoms with van der Waals surface area (Å²) >= 11 is 0. The molecule has 2 rings (SSSR count). The van der Waals surface area contributed by atoms with E-state index in [2.05, 4.69) is 23.8 Å². The maximum absolute atomic E-state index is 9.57. The smallest absolute Gasteiger partial charge is 0.160 e. The van der Waals surface area contributed by atoms with Crippen molar-refractivity contribution < 1.29 is 9.84 Å². The molecule has 0 aliphatic carbocycles. The standard InChI is InChI=1S/C14H22N2O2/c1-11-9-16(7-6-15(11)2)10-12-4-5-13(17)14(8-12)18-3/h4-5,8,11,17H,6-7,9-10H2,1-3H3. The van der Waals surface area contributed by atoms with E-state index in [1.807, 2.05) is 12.1 Å². The molecule has 0 bridgehead atoms. The van der Waals surface area contributed by atoms with E-state index < -0.39 is 0 Å². The lowest BCUT2D eigenvalue weighted by atomic mass is 10.1. The number of benzene rings is 1. The van der Waals surface area contributed by atoms with E-state index in [1.54, 1.807) is 13.2 Å². The number of aromatic hydroxyl groups is 1. The average molecular weight is 250 g/mol. The van der Waals surface area contributed by atoms with Crippen LogP contribution in [-0.4, -0.2) is 54.7 Å². The predicted octanol–water partition coefficient (Wildman–Crippen LogP) is 1.54. The van der Waals surface area contributed by atoms with Crippen molar-refractivity contribution in [1.29, 1.82) is 0 Å². The van der Waals surface area contributed by atoms with Gasteiger partial charge in [0, 0.05) is 32.2 Å². The van der Waals surface area contributed by atoms with Gasteiger partial charge in [-0.25, -0.2) is 0 Å². The van der Waals surface area contributed by atoms with E-state index in [0.717, 1.165) is 26.2 Å². The van der Waals surface area contributed by atoms with Gasteiger partial charge in [-0.3, -0.25) is 4.90 Å². The molecule has 4 nitrogen and oxygen atoms in total. The summed E-state index contributed by atoms with van der Waals surface area (Å²) in [5.74, 6) is 0.752. The molecule has 1 saturated heterocycles. The number of ether oxygens (including phenoxy) is 1. The Morgan fingerprint density at radius 2 is 2.17 bits per heavy atom. The highest BCUT2D eigenvalue weighted by atomic mass is 16.5. The zero-order valence-corrected chi connectivity index (χ0v) is 11.4. The molecule has 1 unspecified atom stereocenters. The van der Waals surface area contributed by atoms with Crippen LogP contribution in [0.25, 0.3) is 0 Å². The van der Waals surface area contributed by atoms with Crippen molar-refractivity contribution in [2.24, 2.45) is 0 Å². The Balaban J connectivity index is 2.01. The lowest BCUT2D eigenvalue weighted by molar-refractivity contribution is 0.0999. The van der Waals surface area contributed by atoms with Crippen LogP contribution in [-0.2, 0) is 6.54 Å². The maximum atomic E-state index is 9.57. The highest BCUT2D eigenvalue weighted by Gasteiger charge is 2.20. The van der Waals surface area contributed by atoms with Crippen LogP contribution in [0.3, 0.4) is 0 Å². The van der Waals surface area contributed by atoms with E-state index in [1.165, 1.54) is 5.56 Å². The highest BCUT2D eigenvalue weighted by molar-refractivity contribution is 5.41. The minimum atomic E-state index is 0.202. The van der Waals surface area contributed by atoms with Gasteiger partial charge in [-0.05, 0) is 31.7 Å². The summed E-state index contributed by atoms with van der Waals surface area (Å²) < 4.78 is 5.14. The molecule has 0 spiro atoms. The van der Waals surface area contributed by atoms with Crippen molar-refractivity contribution >= 4 is 0 Å². The number of phenolic OH excluding ortho intramolecular Hbond substituents is 1. The van der Waals surface area contributed by atoms with Crippen LogP contribution in [0.15, 0.2) is 18.2 Å². The van der Waals surface area contributed by atoms with Gasteiger partial charge in [0.15, 0.2) is 11.5 Å². The molecule has 0 saturated carbocycles. The van der Waals surface area contributed by atoms with Crippen LogP contribution in [0, 0.1) is 0 Å². The first-order valence-corrected chi connectivity index (χ1v) is 6.38. The molecule has 1 fully saturated rings. The van der Waals surface area contributed by atoms with Crippen molar-refractivity contribution in [3.8, 4) is 11.5 Å². The summed E-state index contributed by atoms with van der Waals surface area (Å²) in [5.41, 5.74) is 1.18. The molecule has 1 aromatic carbocycles. The minimum absolute atomic E-state index is 0.202. The number of hydrogen-bond acceptors (Lipinski definition) is 4. The highest BCUT2D eigenvalue weighted by Crippen LogP contribution is 2.27. The maximum Gasteiger partial charge on any atom is 0.160 e. The molecular formula is C14H22N2O2. The third kappa shape index (κ3) is 2.94. The monoisotopic (exact) mass is 250 g/mol. The quantitative estimate of drug-likeness (QED) is 0.882. The number of piperazine rings is 1. The number of rotatable bonds is 3. The van der Waals surface area contributed by atoms with Crippen LogP contribution < -0.4 is 4.74 Å². The third-order valence-electron chi connectivity index (χ3n) is 3.69. The van der Waals surface area contributed by atoms with Gasteiger partial charge in [0.2, 0.25) is 0 Å². The van der Waals surface area contributed by atoms with Gasteiger partial charge in [0.25, 0.3) is 0 Å². The lowest BCUT2D eigenvalue weighted by Gasteiger charge is -2.37. The molecule has 1 atom stereocenters. The second-order valence-electron chi connectivity index (χ2n) is 5.07. The fraction of sp³-hybridized carbons (Fsp3) is 0.571. The summed E-state index contributed by atoms with van der Waals surface area (Å²) in [6.45, 7) is 6.44. The van der Waals surface area contributed by atoms with E-state index in [-0.39, 0.29) is 5.75 Å². The number of nitrogens with zero attached hydrogens (tertiary/aromatic N) is 2. The van der Waals surface area contributed by atoms with E-state index >= 15 is 0 Å². The number of hydrogen-bond donors (Lipinski definition) is 1. The van der Waals surface area contributed by atoms with Gasteiger partial charge in [0.05, 0.1) is 7.11 Å².